The number of carbonyl (C=O) groups is 2. The largest absolute Gasteiger partial charge is 0.481 e. The van der Waals surface area contributed by atoms with Gasteiger partial charge in [-0.3, -0.25) is 14.6 Å². The summed E-state index contributed by atoms with van der Waals surface area (Å²) in [5.41, 5.74) is -0.322. The second-order valence-electron chi connectivity index (χ2n) is 5.20. The van der Waals surface area contributed by atoms with Crippen LogP contribution in [0, 0.1) is 11.8 Å². The van der Waals surface area contributed by atoms with E-state index in [1.165, 1.54) is 6.20 Å². The van der Waals surface area contributed by atoms with E-state index in [0.29, 0.717) is 5.69 Å². The Balaban J connectivity index is 1.86. The first kappa shape index (κ1) is 12.8. The summed E-state index contributed by atoms with van der Waals surface area (Å²) in [6, 6.07) is 3.40. The number of pyridine rings is 1. The number of fused-ring (bicyclic) bond motifs is 2. The van der Waals surface area contributed by atoms with Gasteiger partial charge in [-0.2, -0.15) is 0 Å². The van der Waals surface area contributed by atoms with Gasteiger partial charge in [0.25, 0.3) is 0 Å². The molecule has 1 aromatic rings. The van der Waals surface area contributed by atoms with Crippen LogP contribution in [0.4, 0.5) is 5.69 Å². The van der Waals surface area contributed by atoms with Gasteiger partial charge in [-0.15, -0.1) is 0 Å². The van der Waals surface area contributed by atoms with Gasteiger partial charge < -0.3 is 15.2 Å². The van der Waals surface area contributed by atoms with E-state index in [9.17, 15) is 14.7 Å². The third-order valence-electron chi connectivity index (χ3n) is 3.83. The molecular formula is C14H14N2O4. The first-order chi connectivity index (χ1) is 9.51. The number of hydrogen-bond donors (Lipinski definition) is 2. The van der Waals surface area contributed by atoms with Crippen molar-refractivity contribution in [3.05, 3.63) is 36.7 Å². The molecule has 2 N–H and O–H groups in total. The van der Waals surface area contributed by atoms with Gasteiger partial charge in [-0.25, -0.2) is 0 Å². The molecule has 2 aliphatic rings. The third-order valence-corrected chi connectivity index (χ3v) is 3.83. The Morgan fingerprint density at radius 2 is 2.30 bits per heavy atom. The van der Waals surface area contributed by atoms with Crippen LogP contribution in [0.3, 0.4) is 0 Å². The lowest BCUT2D eigenvalue weighted by molar-refractivity contribution is -0.146. The second-order valence-corrected chi connectivity index (χ2v) is 5.20. The number of carbonyl (C=O) groups excluding carboxylic acids is 1. The molecule has 1 amide bonds. The van der Waals surface area contributed by atoms with Crippen molar-refractivity contribution in [1.29, 1.82) is 0 Å². The van der Waals surface area contributed by atoms with E-state index in [1.54, 1.807) is 37.4 Å². The molecule has 104 valence electrons. The Morgan fingerprint density at radius 3 is 2.95 bits per heavy atom. The van der Waals surface area contributed by atoms with E-state index in [4.69, 9.17) is 4.74 Å². The molecule has 1 fully saturated rings. The smallest absolute Gasteiger partial charge is 0.310 e. The van der Waals surface area contributed by atoms with Crippen LogP contribution < -0.4 is 5.32 Å². The van der Waals surface area contributed by atoms with E-state index in [2.05, 4.69) is 10.3 Å². The van der Waals surface area contributed by atoms with Crippen molar-refractivity contribution in [3.8, 4) is 0 Å². The molecule has 3 heterocycles. The number of aliphatic carboxylic acids is 1. The monoisotopic (exact) mass is 274 g/mol. The van der Waals surface area contributed by atoms with Crippen LogP contribution in [0.25, 0.3) is 0 Å². The predicted molar refractivity (Wildman–Crippen MR) is 69.9 cm³/mol. The van der Waals surface area contributed by atoms with E-state index >= 15 is 0 Å². The minimum atomic E-state index is -1.02. The van der Waals surface area contributed by atoms with Gasteiger partial charge in [0.15, 0.2) is 0 Å². The molecule has 0 aromatic carbocycles. The summed E-state index contributed by atoms with van der Waals surface area (Å²) in [6.07, 6.45) is 6.06. The number of ether oxygens (including phenoxy) is 1. The number of hydrogen-bond acceptors (Lipinski definition) is 4. The van der Waals surface area contributed by atoms with E-state index in [1.807, 2.05) is 0 Å². The highest BCUT2D eigenvalue weighted by atomic mass is 16.5. The average molecular weight is 274 g/mol. The van der Waals surface area contributed by atoms with Crippen molar-refractivity contribution < 1.29 is 19.4 Å². The van der Waals surface area contributed by atoms with E-state index in [0.717, 1.165) is 0 Å². The van der Waals surface area contributed by atoms with Crippen molar-refractivity contribution in [1.82, 2.24) is 4.98 Å². The fourth-order valence-corrected chi connectivity index (χ4v) is 2.94. The van der Waals surface area contributed by atoms with Crippen molar-refractivity contribution in [2.75, 3.05) is 5.32 Å². The molecule has 20 heavy (non-hydrogen) atoms. The van der Waals surface area contributed by atoms with Crippen LogP contribution in [0.5, 0.6) is 0 Å². The zero-order valence-electron chi connectivity index (χ0n) is 10.8. The number of amides is 1. The van der Waals surface area contributed by atoms with Crippen molar-refractivity contribution in [3.63, 3.8) is 0 Å². The summed E-state index contributed by atoms with van der Waals surface area (Å²) in [5.74, 6) is -2.99. The SMILES string of the molecule is C[C@@]12C=C[C@@H](O1)[C@H](C(=O)O)[C@@H]2C(=O)Nc1cccnc1. The standard InChI is InChI=1S/C14H14N2O4/c1-14-5-4-9(20-14)10(13(18)19)11(14)12(17)16-8-3-2-6-15-7-8/h2-7,9-11H,1H3,(H,16,17)(H,18,19)/t9-,10+,11-,14+/m1/s1. The molecule has 6 nitrogen and oxygen atoms in total. The van der Waals surface area contributed by atoms with Crippen molar-refractivity contribution in [2.24, 2.45) is 11.8 Å². The van der Waals surface area contributed by atoms with Gasteiger partial charge in [0.2, 0.25) is 5.91 Å². The zero-order valence-corrected chi connectivity index (χ0v) is 10.8. The van der Waals surface area contributed by atoms with Gasteiger partial charge in [0, 0.05) is 6.20 Å². The fourth-order valence-electron chi connectivity index (χ4n) is 2.94. The maximum atomic E-state index is 12.4. The first-order valence-corrected chi connectivity index (χ1v) is 6.32. The normalized spacial score (nSPS) is 34.1. The highest BCUT2D eigenvalue weighted by Crippen LogP contribution is 2.47. The molecular weight excluding hydrogens is 260 g/mol. The van der Waals surface area contributed by atoms with Crippen LogP contribution in [0.15, 0.2) is 36.7 Å². The second kappa shape index (κ2) is 4.42. The van der Waals surface area contributed by atoms with Crippen LogP contribution in [0.2, 0.25) is 0 Å². The quantitative estimate of drug-likeness (QED) is 0.805. The number of rotatable bonds is 3. The summed E-state index contributed by atoms with van der Waals surface area (Å²) >= 11 is 0. The Morgan fingerprint density at radius 1 is 1.50 bits per heavy atom. The summed E-state index contributed by atoms with van der Waals surface area (Å²) in [7, 11) is 0. The maximum Gasteiger partial charge on any atom is 0.310 e. The fraction of sp³-hybridized carbons (Fsp3) is 0.357. The first-order valence-electron chi connectivity index (χ1n) is 6.32. The molecule has 6 heteroatoms. The van der Waals surface area contributed by atoms with Gasteiger partial charge in [-0.1, -0.05) is 12.2 Å². The molecule has 0 saturated carbocycles. The lowest BCUT2D eigenvalue weighted by Crippen LogP contribution is -2.44. The lowest BCUT2D eigenvalue weighted by atomic mass is 9.75. The maximum absolute atomic E-state index is 12.4. The molecule has 0 aliphatic carbocycles. The minimum Gasteiger partial charge on any atom is -0.481 e. The topological polar surface area (TPSA) is 88.5 Å². The predicted octanol–water partition coefficient (Wildman–Crippen LogP) is 1.06. The zero-order chi connectivity index (χ0) is 14.3. The van der Waals surface area contributed by atoms with Crippen LogP contribution in [0.1, 0.15) is 6.92 Å². The summed E-state index contributed by atoms with van der Waals surface area (Å²) in [6.45, 7) is 1.74. The third kappa shape index (κ3) is 1.89. The number of nitrogens with zero attached hydrogens (tertiary/aromatic N) is 1. The van der Waals surface area contributed by atoms with Crippen LogP contribution in [-0.2, 0) is 14.3 Å². The Bertz CT molecular complexity index is 586. The summed E-state index contributed by atoms with van der Waals surface area (Å²) in [4.78, 5) is 27.7. The number of aromatic nitrogens is 1. The number of carboxylic acid groups (broad SMARTS) is 1. The number of anilines is 1. The van der Waals surface area contributed by atoms with Gasteiger partial charge in [0.05, 0.1) is 29.5 Å². The van der Waals surface area contributed by atoms with Crippen LogP contribution >= 0.6 is 0 Å². The van der Waals surface area contributed by atoms with Gasteiger partial charge >= 0.3 is 5.97 Å². The molecule has 0 spiro atoms. The van der Waals surface area contributed by atoms with E-state index < -0.39 is 29.5 Å². The minimum absolute atomic E-state index is 0.361. The molecule has 1 aromatic heterocycles. The highest BCUT2D eigenvalue weighted by Gasteiger charge is 2.59. The highest BCUT2D eigenvalue weighted by molar-refractivity contribution is 5.97. The average Bonchev–Trinajstić information content (AvgIpc) is 2.92. The van der Waals surface area contributed by atoms with E-state index in [-0.39, 0.29) is 5.91 Å². The molecule has 0 unspecified atom stereocenters. The molecule has 0 radical (unpaired) electrons. The Labute approximate surface area is 115 Å². The molecule has 2 aliphatic heterocycles. The van der Waals surface area contributed by atoms with Gasteiger partial charge in [0.1, 0.15) is 5.92 Å². The van der Waals surface area contributed by atoms with Crippen molar-refractivity contribution >= 4 is 17.6 Å². The number of carboxylic acids is 1. The van der Waals surface area contributed by atoms with Gasteiger partial charge in [-0.05, 0) is 19.1 Å². The number of nitrogens with one attached hydrogen (secondary N) is 1. The molecule has 2 bridgehead atoms. The Hall–Kier alpha value is -2.21. The summed E-state index contributed by atoms with van der Waals surface area (Å²) in [5, 5.41) is 12.0. The van der Waals surface area contributed by atoms with Crippen LogP contribution in [-0.4, -0.2) is 33.7 Å². The Kier molecular flexibility index (Phi) is 2.83. The van der Waals surface area contributed by atoms with Crippen molar-refractivity contribution in [2.45, 2.75) is 18.6 Å². The molecule has 1 saturated heterocycles. The summed E-state index contributed by atoms with van der Waals surface area (Å²) < 4.78 is 5.64. The lowest BCUT2D eigenvalue weighted by Gasteiger charge is -2.27. The molecule has 3 rings (SSSR count). The molecule has 4 atom stereocenters.